The Morgan fingerprint density at radius 1 is 1.21 bits per heavy atom. The number of rotatable bonds is 4. The Bertz CT molecular complexity index is 572. The first-order valence-corrected chi connectivity index (χ1v) is 6.94. The van der Waals surface area contributed by atoms with Crippen LogP contribution in [0, 0.1) is 5.82 Å². The molecule has 0 spiro atoms. The van der Waals surface area contributed by atoms with Gasteiger partial charge in [0, 0.05) is 28.9 Å². The quantitative estimate of drug-likeness (QED) is 0.855. The fraction of sp³-hybridized carbons (Fsp3) is 0.200. The second-order valence-corrected chi connectivity index (χ2v) is 5.20. The minimum absolute atomic E-state index is 0.220. The summed E-state index contributed by atoms with van der Waals surface area (Å²) in [5.41, 5.74) is 8.50. The van der Waals surface area contributed by atoms with Crippen molar-refractivity contribution in [2.24, 2.45) is 0 Å². The van der Waals surface area contributed by atoms with Crippen LogP contribution in [0.15, 0.2) is 46.9 Å². The zero-order valence-corrected chi connectivity index (χ0v) is 12.3. The van der Waals surface area contributed by atoms with Crippen molar-refractivity contribution in [3.05, 3.63) is 58.3 Å². The van der Waals surface area contributed by atoms with E-state index in [0.717, 1.165) is 28.0 Å². The van der Waals surface area contributed by atoms with E-state index in [0.29, 0.717) is 6.54 Å². The first-order chi connectivity index (χ1) is 9.10. The number of nitrogens with two attached hydrogens (primary N) is 1. The molecule has 2 N–H and O–H groups in total. The number of nitrogen functional groups attached to an aromatic ring is 1. The average molecular weight is 323 g/mol. The number of hydrogen-bond donors (Lipinski definition) is 1. The monoisotopic (exact) mass is 322 g/mol. The van der Waals surface area contributed by atoms with Gasteiger partial charge in [-0.3, -0.25) is 0 Å². The molecule has 0 bridgehead atoms. The predicted molar refractivity (Wildman–Crippen MR) is 81.7 cm³/mol. The van der Waals surface area contributed by atoms with Gasteiger partial charge in [-0.15, -0.1) is 0 Å². The fourth-order valence-corrected chi connectivity index (χ4v) is 2.35. The summed E-state index contributed by atoms with van der Waals surface area (Å²) in [4.78, 5) is 2.10. The van der Waals surface area contributed by atoms with Gasteiger partial charge in [0.05, 0.1) is 0 Å². The molecule has 2 rings (SSSR count). The average Bonchev–Trinajstić information content (AvgIpc) is 2.39. The van der Waals surface area contributed by atoms with Gasteiger partial charge in [-0.2, -0.15) is 0 Å². The molecule has 4 heteroatoms. The molecule has 0 aliphatic rings. The molecule has 2 aromatic rings. The summed E-state index contributed by atoms with van der Waals surface area (Å²) in [6.07, 6.45) is 0. The summed E-state index contributed by atoms with van der Waals surface area (Å²) in [5, 5.41) is 0. The normalized spacial score (nSPS) is 10.5. The molecule has 0 amide bonds. The Labute approximate surface area is 121 Å². The molecule has 0 aliphatic heterocycles. The highest BCUT2D eigenvalue weighted by Crippen LogP contribution is 2.24. The van der Waals surface area contributed by atoms with Crippen molar-refractivity contribution in [3.8, 4) is 0 Å². The Hall–Kier alpha value is -1.55. The van der Waals surface area contributed by atoms with Crippen LogP contribution >= 0.6 is 15.9 Å². The van der Waals surface area contributed by atoms with E-state index >= 15 is 0 Å². The summed E-state index contributed by atoms with van der Waals surface area (Å²) < 4.78 is 14.3. The summed E-state index contributed by atoms with van der Waals surface area (Å²) in [6.45, 7) is 3.53. The van der Waals surface area contributed by atoms with Gasteiger partial charge >= 0.3 is 0 Å². The molecule has 0 atom stereocenters. The Kier molecular flexibility index (Phi) is 4.43. The van der Waals surface area contributed by atoms with Crippen LogP contribution in [-0.4, -0.2) is 6.54 Å². The lowest BCUT2D eigenvalue weighted by Gasteiger charge is -2.24. The molecule has 2 aromatic carbocycles. The molecule has 100 valence electrons. The van der Waals surface area contributed by atoms with Gasteiger partial charge in [0.15, 0.2) is 0 Å². The highest BCUT2D eigenvalue weighted by atomic mass is 79.9. The van der Waals surface area contributed by atoms with E-state index in [1.807, 2.05) is 31.2 Å². The van der Waals surface area contributed by atoms with Gasteiger partial charge in [-0.1, -0.05) is 22.0 Å². The van der Waals surface area contributed by atoms with Gasteiger partial charge in [-0.25, -0.2) is 4.39 Å². The standard InChI is InChI=1S/C15H16BrFN2/c1-2-19(14-5-3-4-12(17)9-14)10-11-8-13(18)6-7-15(11)16/h3-9H,2,10,18H2,1H3. The maximum absolute atomic E-state index is 13.3. The maximum Gasteiger partial charge on any atom is 0.125 e. The van der Waals surface area contributed by atoms with Crippen molar-refractivity contribution in [3.63, 3.8) is 0 Å². The minimum atomic E-state index is -0.220. The highest BCUT2D eigenvalue weighted by Gasteiger charge is 2.09. The van der Waals surface area contributed by atoms with Gasteiger partial charge < -0.3 is 10.6 Å². The molecule has 0 saturated carbocycles. The van der Waals surface area contributed by atoms with E-state index in [4.69, 9.17) is 5.73 Å². The Morgan fingerprint density at radius 3 is 2.68 bits per heavy atom. The lowest BCUT2D eigenvalue weighted by Crippen LogP contribution is -2.22. The molecule has 0 unspecified atom stereocenters. The third-order valence-electron chi connectivity index (χ3n) is 2.99. The van der Waals surface area contributed by atoms with Crippen LogP contribution in [0.1, 0.15) is 12.5 Å². The topological polar surface area (TPSA) is 29.3 Å². The molecule has 0 fully saturated rings. The van der Waals surface area contributed by atoms with E-state index < -0.39 is 0 Å². The maximum atomic E-state index is 13.3. The van der Waals surface area contributed by atoms with E-state index in [9.17, 15) is 4.39 Å². The molecule has 0 radical (unpaired) electrons. The summed E-state index contributed by atoms with van der Waals surface area (Å²) in [6, 6.07) is 12.4. The lowest BCUT2D eigenvalue weighted by molar-refractivity contribution is 0.626. The number of halogens is 2. The molecule has 0 aromatic heterocycles. The largest absolute Gasteiger partial charge is 0.399 e. The van der Waals surface area contributed by atoms with E-state index in [1.165, 1.54) is 6.07 Å². The third kappa shape index (κ3) is 3.47. The number of benzene rings is 2. The van der Waals surface area contributed by atoms with E-state index in [-0.39, 0.29) is 5.82 Å². The first kappa shape index (κ1) is 13.9. The summed E-state index contributed by atoms with van der Waals surface area (Å²) in [5.74, 6) is -0.220. The zero-order chi connectivity index (χ0) is 13.8. The van der Waals surface area contributed by atoms with Crippen molar-refractivity contribution in [2.75, 3.05) is 17.2 Å². The molecule has 19 heavy (non-hydrogen) atoms. The second kappa shape index (κ2) is 6.06. The molecule has 0 heterocycles. The van der Waals surface area contributed by atoms with Crippen molar-refractivity contribution in [1.82, 2.24) is 0 Å². The van der Waals surface area contributed by atoms with Crippen molar-refractivity contribution in [1.29, 1.82) is 0 Å². The zero-order valence-electron chi connectivity index (χ0n) is 10.7. The van der Waals surface area contributed by atoms with Crippen molar-refractivity contribution in [2.45, 2.75) is 13.5 Å². The van der Waals surface area contributed by atoms with Crippen LogP contribution in [-0.2, 0) is 6.54 Å². The van der Waals surface area contributed by atoms with Gasteiger partial charge in [0.2, 0.25) is 0 Å². The molecular formula is C15H16BrFN2. The molecule has 2 nitrogen and oxygen atoms in total. The second-order valence-electron chi connectivity index (χ2n) is 4.34. The summed E-state index contributed by atoms with van der Waals surface area (Å²) >= 11 is 3.52. The molecule has 0 aliphatic carbocycles. The number of hydrogen-bond acceptors (Lipinski definition) is 2. The van der Waals surface area contributed by atoms with Gasteiger partial charge in [-0.05, 0) is 48.9 Å². The Morgan fingerprint density at radius 2 is 2.00 bits per heavy atom. The van der Waals surface area contributed by atoms with Gasteiger partial charge in [0.25, 0.3) is 0 Å². The van der Waals surface area contributed by atoms with Crippen LogP contribution in [0.4, 0.5) is 15.8 Å². The molecule has 0 saturated heterocycles. The lowest BCUT2D eigenvalue weighted by atomic mass is 10.1. The SMILES string of the molecule is CCN(Cc1cc(N)ccc1Br)c1cccc(F)c1. The fourth-order valence-electron chi connectivity index (χ4n) is 1.98. The van der Waals surface area contributed by atoms with Crippen LogP contribution in [0.3, 0.4) is 0 Å². The predicted octanol–water partition coefficient (Wildman–Crippen LogP) is 4.20. The minimum Gasteiger partial charge on any atom is -0.399 e. The third-order valence-corrected chi connectivity index (χ3v) is 3.76. The van der Waals surface area contributed by atoms with Crippen LogP contribution in [0.5, 0.6) is 0 Å². The van der Waals surface area contributed by atoms with Crippen molar-refractivity contribution < 1.29 is 4.39 Å². The highest BCUT2D eigenvalue weighted by molar-refractivity contribution is 9.10. The summed E-state index contributed by atoms with van der Waals surface area (Å²) in [7, 11) is 0. The van der Waals surface area contributed by atoms with Crippen LogP contribution in [0.25, 0.3) is 0 Å². The Balaban J connectivity index is 2.26. The smallest absolute Gasteiger partial charge is 0.125 e. The van der Waals surface area contributed by atoms with E-state index in [2.05, 4.69) is 20.8 Å². The number of anilines is 2. The number of nitrogens with zero attached hydrogens (tertiary/aromatic N) is 1. The molecular weight excluding hydrogens is 307 g/mol. The van der Waals surface area contributed by atoms with E-state index in [1.54, 1.807) is 12.1 Å². The first-order valence-electron chi connectivity index (χ1n) is 6.14. The van der Waals surface area contributed by atoms with Crippen LogP contribution < -0.4 is 10.6 Å². The van der Waals surface area contributed by atoms with Gasteiger partial charge in [0.1, 0.15) is 5.82 Å². The van der Waals surface area contributed by atoms with Crippen LogP contribution in [0.2, 0.25) is 0 Å². The van der Waals surface area contributed by atoms with Crippen molar-refractivity contribution >= 4 is 27.3 Å².